The van der Waals surface area contributed by atoms with E-state index in [1.54, 1.807) is 0 Å². The van der Waals surface area contributed by atoms with Crippen LogP contribution in [0.3, 0.4) is 0 Å². The highest BCUT2D eigenvalue weighted by Crippen LogP contribution is 2.36. The molecule has 0 aliphatic heterocycles. The Bertz CT molecular complexity index is 870. The van der Waals surface area contributed by atoms with Crippen molar-refractivity contribution in [1.29, 1.82) is 0 Å². The number of aryl methyl sites for hydroxylation is 1. The SMILES string of the molecule is CCc1sc2cccc(CC(Cc3ccccc3)C(=O)OC)c2c1I. The van der Waals surface area contributed by atoms with Crippen LogP contribution in [0.15, 0.2) is 48.5 Å². The summed E-state index contributed by atoms with van der Waals surface area (Å²) in [6.45, 7) is 2.19. The molecule has 1 aromatic heterocycles. The van der Waals surface area contributed by atoms with Crippen LogP contribution < -0.4 is 0 Å². The van der Waals surface area contributed by atoms with Crippen LogP contribution in [0, 0.1) is 9.49 Å². The molecule has 0 fully saturated rings. The predicted octanol–water partition coefficient (Wildman–Crippen LogP) is 5.64. The average molecular weight is 464 g/mol. The fraction of sp³-hybridized carbons (Fsp3) is 0.286. The maximum atomic E-state index is 12.4. The van der Waals surface area contributed by atoms with Gasteiger partial charge >= 0.3 is 5.97 Å². The molecular formula is C21H21IO2S. The van der Waals surface area contributed by atoms with E-state index in [1.807, 2.05) is 29.5 Å². The summed E-state index contributed by atoms with van der Waals surface area (Å²) in [5, 5.41) is 1.31. The summed E-state index contributed by atoms with van der Waals surface area (Å²) in [5.74, 6) is -0.305. The lowest BCUT2D eigenvalue weighted by molar-refractivity contribution is -0.145. The molecule has 25 heavy (non-hydrogen) atoms. The number of carbonyl (C=O) groups is 1. The van der Waals surface area contributed by atoms with Gasteiger partial charge in [-0.2, -0.15) is 0 Å². The van der Waals surface area contributed by atoms with Crippen LogP contribution in [0.4, 0.5) is 0 Å². The van der Waals surface area contributed by atoms with E-state index in [0.717, 1.165) is 6.42 Å². The molecule has 1 unspecified atom stereocenters. The topological polar surface area (TPSA) is 26.3 Å². The van der Waals surface area contributed by atoms with E-state index >= 15 is 0 Å². The number of rotatable bonds is 6. The van der Waals surface area contributed by atoms with E-state index in [1.165, 1.54) is 36.8 Å². The number of halogens is 1. The van der Waals surface area contributed by atoms with Gasteiger partial charge in [-0.05, 0) is 59.0 Å². The Labute approximate surface area is 166 Å². The highest BCUT2D eigenvalue weighted by Gasteiger charge is 2.22. The van der Waals surface area contributed by atoms with Crippen LogP contribution in [0.5, 0.6) is 0 Å². The molecule has 4 heteroatoms. The molecule has 1 atom stereocenters. The molecule has 3 rings (SSSR count). The lowest BCUT2D eigenvalue weighted by Crippen LogP contribution is -2.21. The van der Waals surface area contributed by atoms with Gasteiger partial charge in [0.1, 0.15) is 0 Å². The Hall–Kier alpha value is -1.40. The van der Waals surface area contributed by atoms with Crippen molar-refractivity contribution in [1.82, 2.24) is 0 Å². The molecule has 2 nitrogen and oxygen atoms in total. The smallest absolute Gasteiger partial charge is 0.309 e. The van der Waals surface area contributed by atoms with E-state index in [2.05, 4.69) is 59.8 Å². The van der Waals surface area contributed by atoms with Gasteiger partial charge in [0, 0.05) is 18.5 Å². The molecule has 3 aromatic rings. The zero-order valence-corrected chi connectivity index (χ0v) is 17.4. The number of benzene rings is 2. The van der Waals surface area contributed by atoms with Crippen LogP contribution >= 0.6 is 33.9 Å². The van der Waals surface area contributed by atoms with Gasteiger partial charge in [0.25, 0.3) is 0 Å². The van der Waals surface area contributed by atoms with Gasteiger partial charge in [-0.15, -0.1) is 11.3 Å². The van der Waals surface area contributed by atoms with E-state index < -0.39 is 0 Å². The lowest BCUT2D eigenvalue weighted by Gasteiger charge is -2.16. The Kier molecular flexibility index (Phi) is 6.12. The van der Waals surface area contributed by atoms with Crippen molar-refractivity contribution >= 4 is 50.0 Å². The zero-order chi connectivity index (χ0) is 17.8. The second kappa shape index (κ2) is 8.32. The minimum Gasteiger partial charge on any atom is -0.469 e. The molecule has 0 saturated heterocycles. The van der Waals surface area contributed by atoms with Crippen molar-refractivity contribution in [3.8, 4) is 0 Å². The molecule has 0 bridgehead atoms. The summed E-state index contributed by atoms with van der Waals surface area (Å²) in [6, 6.07) is 16.6. The Morgan fingerprint density at radius 1 is 1.12 bits per heavy atom. The summed E-state index contributed by atoms with van der Waals surface area (Å²) in [6.07, 6.45) is 2.45. The van der Waals surface area contributed by atoms with Crippen molar-refractivity contribution in [2.24, 2.45) is 5.92 Å². The number of thiophene rings is 1. The lowest BCUT2D eigenvalue weighted by atomic mass is 9.91. The van der Waals surface area contributed by atoms with E-state index in [4.69, 9.17) is 4.74 Å². The molecule has 0 aliphatic rings. The number of methoxy groups -OCH3 is 1. The molecule has 0 spiro atoms. The van der Waals surface area contributed by atoms with E-state index in [9.17, 15) is 4.79 Å². The monoisotopic (exact) mass is 464 g/mol. The van der Waals surface area contributed by atoms with E-state index in [-0.39, 0.29) is 11.9 Å². The summed E-state index contributed by atoms with van der Waals surface area (Å²) < 4.78 is 7.73. The van der Waals surface area contributed by atoms with Gasteiger partial charge < -0.3 is 4.74 Å². The fourth-order valence-corrected chi connectivity index (χ4v) is 5.81. The van der Waals surface area contributed by atoms with Gasteiger partial charge in [-0.25, -0.2) is 0 Å². The van der Waals surface area contributed by atoms with Crippen molar-refractivity contribution in [3.63, 3.8) is 0 Å². The van der Waals surface area contributed by atoms with Crippen molar-refractivity contribution in [2.45, 2.75) is 26.2 Å². The quantitative estimate of drug-likeness (QED) is 0.349. The summed E-state index contributed by atoms with van der Waals surface area (Å²) in [5.41, 5.74) is 2.41. The first-order valence-corrected chi connectivity index (χ1v) is 10.3. The highest BCUT2D eigenvalue weighted by atomic mass is 127. The van der Waals surface area contributed by atoms with Crippen LogP contribution in [0.25, 0.3) is 10.1 Å². The second-order valence-corrected chi connectivity index (χ2v) is 8.31. The van der Waals surface area contributed by atoms with Crippen molar-refractivity contribution in [2.75, 3.05) is 7.11 Å². The molecule has 130 valence electrons. The van der Waals surface area contributed by atoms with Crippen LogP contribution in [-0.2, 0) is 28.8 Å². The summed E-state index contributed by atoms with van der Waals surface area (Å²) in [7, 11) is 1.48. The maximum absolute atomic E-state index is 12.4. The first kappa shape index (κ1) is 18.4. The number of hydrogen-bond donors (Lipinski definition) is 0. The molecule has 0 saturated carbocycles. The number of fused-ring (bicyclic) bond motifs is 1. The maximum Gasteiger partial charge on any atom is 0.309 e. The van der Waals surface area contributed by atoms with Gasteiger partial charge in [-0.1, -0.05) is 49.4 Å². The molecule has 0 radical (unpaired) electrons. The third-order valence-corrected chi connectivity index (χ3v) is 7.31. The van der Waals surface area contributed by atoms with Gasteiger partial charge in [0.05, 0.1) is 13.0 Å². The molecule has 2 aromatic carbocycles. The fourth-order valence-electron chi connectivity index (χ4n) is 3.19. The van der Waals surface area contributed by atoms with Crippen LogP contribution in [0.2, 0.25) is 0 Å². The molecule has 0 aliphatic carbocycles. The molecule has 0 amide bonds. The van der Waals surface area contributed by atoms with Crippen LogP contribution in [-0.4, -0.2) is 13.1 Å². The first-order valence-electron chi connectivity index (χ1n) is 8.44. The molecule has 0 N–H and O–H groups in total. The second-order valence-electron chi connectivity index (χ2n) is 6.10. The number of ether oxygens (including phenoxy) is 1. The molecular weight excluding hydrogens is 443 g/mol. The Morgan fingerprint density at radius 3 is 2.56 bits per heavy atom. The minimum absolute atomic E-state index is 0.137. The van der Waals surface area contributed by atoms with Gasteiger partial charge in [0.15, 0.2) is 0 Å². The third kappa shape index (κ3) is 4.06. The number of esters is 1. The third-order valence-electron chi connectivity index (χ3n) is 4.46. The van der Waals surface area contributed by atoms with E-state index in [0.29, 0.717) is 12.8 Å². The Balaban J connectivity index is 1.95. The standard InChI is InChI=1S/C21H21IO2S/c1-3-17-20(22)19-15(10-7-11-18(19)25-17)13-16(21(23)24-2)12-14-8-5-4-6-9-14/h4-11,16H,3,12-13H2,1-2H3. The number of hydrogen-bond acceptors (Lipinski definition) is 3. The number of carbonyl (C=O) groups excluding carboxylic acids is 1. The zero-order valence-electron chi connectivity index (χ0n) is 14.4. The first-order chi connectivity index (χ1) is 12.1. The Morgan fingerprint density at radius 2 is 1.88 bits per heavy atom. The predicted molar refractivity (Wildman–Crippen MR) is 113 cm³/mol. The van der Waals surface area contributed by atoms with Gasteiger partial charge in [0.2, 0.25) is 0 Å². The van der Waals surface area contributed by atoms with Crippen molar-refractivity contribution < 1.29 is 9.53 Å². The van der Waals surface area contributed by atoms with Crippen LogP contribution in [0.1, 0.15) is 22.9 Å². The largest absolute Gasteiger partial charge is 0.469 e. The summed E-state index contributed by atoms with van der Waals surface area (Å²) in [4.78, 5) is 13.8. The van der Waals surface area contributed by atoms with Gasteiger partial charge in [-0.3, -0.25) is 4.79 Å². The average Bonchev–Trinajstić information content (AvgIpc) is 2.98. The molecule has 1 heterocycles. The highest BCUT2D eigenvalue weighted by molar-refractivity contribution is 14.1. The van der Waals surface area contributed by atoms with Crippen molar-refractivity contribution in [3.05, 3.63) is 68.1 Å². The summed E-state index contributed by atoms with van der Waals surface area (Å²) >= 11 is 4.31. The normalized spacial score (nSPS) is 12.3. The minimum atomic E-state index is -0.168.